The van der Waals surface area contributed by atoms with Crippen LogP contribution in [0.5, 0.6) is 5.75 Å². The van der Waals surface area contributed by atoms with E-state index in [0.29, 0.717) is 5.56 Å². The van der Waals surface area contributed by atoms with Crippen LogP contribution in [-0.2, 0) is 43.4 Å². The Morgan fingerprint density at radius 2 is 1.19 bits per heavy atom. The number of amides is 4. The molecule has 12 heteroatoms. The van der Waals surface area contributed by atoms with E-state index in [-0.39, 0.29) is 31.6 Å². The summed E-state index contributed by atoms with van der Waals surface area (Å²) in [6.45, 7) is -0.0558. The van der Waals surface area contributed by atoms with Gasteiger partial charge in [-0.2, -0.15) is 0 Å². The molecule has 0 aliphatic heterocycles. The number of benzene rings is 3. The van der Waals surface area contributed by atoms with Gasteiger partial charge in [-0.25, -0.2) is 4.79 Å². The Morgan fingerprint density at radius 1 is 0.674 bits per heavy atom. The highest BCUT2D eigenvalue weighted by Crippen LogP contribution is 2.13. The van der Waals surface area contributed by atoms with Gasteiger partial charge in [0.1, 0.15) is 30.5 Å². The molecule has 3 aromatic carbocycles. The van der Waals surface area contributed by atoms with Crippen LogP contribution < -0.4 is 21.7 Å². The lowest BCUT2D eigenvalue weighted by atomic mass is 10.0. The summed E-state index contributed by atoms with van der Waals surface area (Å²) in [4.78, 5) is 62.7. The number of carboxylic acid groups (broad SMARTS) is 1. The molecule has 0 aromatic heterocycles. The molecule has 12 nitrogen and oxygen atoms in total. The first-order valence-corrected chi connectivity index (χ1v) is 13.5. The lowest BCUT2D eigenvalue weighted by Gasteiger charge is -2.24. The van der Waals surface area contributed by atoms with Gasteiger partial charge in [0.25, 0.3) is 0 Å². The highest BCUT2D eigenvalue weighted by molar-refractivity contribution is 5.94. The highest BCUT2D eigenvalue weighted by atomic mass is 16.5. The number of nitrogens with two attached hydrogens (primary N) is 1. The van der Waals surface area contributed by atoms with E-state index in [4.69, 9.17) is 10.5 Å². The van der Waals surface area contributed by atoms with Crippen LogP contribution >= 0.6 is 0 Å². The van der Waals surface area contributed by atoms with Crippen LogP contribution in [0.1, 0.15) is 29.5 Å². The fourth-order valence-electron chi connectivity index (χ4n) is 4.14. The smallest absolute Gasteiger partial charge is 0.408 e. The van der Waals surface area contributed by atoms with Gasteiger partial charge in [-0.1, -0.05) is 72.8 Å². The fraction of sp³-hybridized carbons (Fsp3) is 0.258. The highest BCUT2D eigenvalue weighted by Gasteiger charge is 2.30. The Hall–Kier alpha value is -5.39. The predicted molar refractivity (Wildman–Crippen MR) is 155 cm³/mol. The third-order valence-corrected chi connectivity index (χ3v) is 6.42. The molecular weight excluding hydrogens is 556 g/mol. The number of aromatic hydroxyl groups is 1. The van der Waals surface area contributed by atoms with Crippen LogP contribution in [0.4, 0.5) is 4.79 Å². The number of carbonyl (C=O) groups is 5. The average molecular weight is 591 g/mol. The van der Waals surface area contributed by atoms with E-state index >= 15 is 0 Å². The second-order valence-corrected chi connectivity index (χ2v) is 9.78. The number of primary amides is 1. The summed E-state index contributed by atoms with van der Waals surface area (Å²) in [7, 11) is 0. The van der Waals surface area contributed by atoms with Crippen molar-refractivity contribution in [2.75, 3.05) is 0 Å². The van der Waals surface area contributed by atoms with Crippen molar-refractivity contribution in [2.24, 2.45) is 5.73 Å². The number of nitrogens with one attached hydrogen (secondary N) is 3. The average Bonchev–Trinajstić information content (AvgIpc) is 2.99. The normalized spacial score (nSPS) is 12.7. The maximum absolute atomic E-state index is 13.4. The van der Waals surface area contributed by atoms with Crippen molar-refractivity contribution in [3.05, 3.63) is 102 Å². The first kappa shape index (κ1) is 32.1. The molecular formula is C31H34N4O8. The predicted octanol–water partition coefficient (Wildman–Crippen LogP) is 1.79. The molecule has 0 aliphatic rings. The van der Waals surface area contributed by atoms with Crippen molar-refractivity contribution in [3.8, 4) is 5.75 Å². The molecule has 3 rings (SSSR count). The summed E-state index contributed by atoms with van der Waals surface area (Å²) >= 11 is 0. The van der Waals surface area contributed by atoms with Crippen LogP contribution in [0.3, 0.4) is 0 Å². The zero-order chi connectivity index (χ0) is 31.2. The maximum atomic E-state index is 13.4. The number of rotatable bonds is 15. The quantitative estimate of drug-likeness (QED) is 0.154. The molecule has 0 saturated carbocycles. The van der Waals surface area contributed by atoms with E-state index < -0.39 is 54.3 Å². The summed E-state index contributed by atoms with van der Waals surface area (Å²) in [6, 6.07) is 19.9. The summed E-state index contributed by atoms with van der Waals surface area (Å²) in [6.07, 6.45) is -1.62. The van der Waals surface area contributed by atoms with Crippen molar-refractivity contribution < 1.29 is 38.9 Å². The molecule has 7 N–H and O–H groups in total. The first-order chi connectivity index (χ1) is 20.6. The van der Waals surface area contributed by atoms with E-state index in [0.717, 1.165) is 11.1 Å². The molecule has 0 bridgehead atoms. The van der Waals surface area contributed by atoms with E-state index in [2.05, 4.69) is 16.0 Å². The number of aliphatic carboxylic acids is 1. The molecule has 0 aliphatic carbocycles. The van der Waals surface area contributed by atoms with E-state index in [1.807, 2.05) is 6.07 Å². The Balaban J connectivity index is 1.75. The molecule has 0 radical (unpaired) electrons. The molecule has 0 heterocycles. The van der Waals surface area contributed by atoms with Gasteiger partial charge in [-0.05, 0) is 35.2 Å². The van der Waals surface area contributed by atoms with Crippen LogP contribution in [0, 0.1) is 0 Å². The van der Waals surface area contributed by atoms with E-state index in [1.165, 1.54) is 12.1 Å². The van der Waals surface area contributed by atoms with Crippen molar-refractivity contribution >= 4 is 29.8 Å². The Morgan fingerprint density at radius 3 is 1.77 bits per heavy atom. The molecule has 4 amide bonds. The number of alkyl carbamates (subject to hydrolysis) is 1. The van der Waals surface area contributed by atoms with E-state index in [1.54, 1.807) is 66.7 Å². The lowest BCUT2D eigenvalue weighted by Crippen LogP contribution is -2.57. The number of carboxylic acids is 1. The Bertz CT molecular complexity index is 1380. The number of ether oxygens (including phenoxy) is 1. The zero-order valence-electron chi connectivity index (χ0n) is 23.3. The molecule has 226 valence electrons. The number of hydrogen-bond acceptors (Lipinski definition) is 7. The van der Waals surface area contributed by atoms with Crippen molar-refractivity contribution in [1.82, 2.24) is 16.0 Å². The van der Waals surface area contributed by atoms with Crippen LogP contribution in [-0.4, -0.2) is 58.1 Å². The lowest BCUT2D eigenvalue weighted by molar-refractivity contribution is -0.138. The monoisotopic (exact) mass is 590 g/mol. The Kier molecular flexibility index (Phi) is 12.1. The summed E-state index contributed by atoms with van der Waals surface area (Å²) in [5.74, 6) is -3.62. The first-order valence-electron chi connectivity index (χ1n) is 13.5. The van der Waals surface area contributed by atoms with Crippen molar-refractivity contribution in [2.45, 2.75) is 50.4 Å². The van der Waals surface area contributed by atoms with Crippen molar-refractivity contribution in [3.63, 3.8) is 0 Å². The van der Waals surface area contributed by atoms with Gasteiger partial charge in [0.05, 0.1) is 0 Å². The fourth-order valence-corrected chi connectivity index (χ4v) is 4.14. The number of phenolic OH excluding ortho intramolecular Hbond substituents is 1. The number of carbonyl (C=O) groups excluding carboxylic acids is 4. The van der Waals surface area contributed by atoms with Gasteiger partial charge in [0.2, 0.25) is 17.7 Å². The SMILES string of the molecule is NC(=O)[C@H](Cc1ccccc1)NC(=O)[C@H](CCC(=O)O)NC(=O)[C@H](Cc1ccc(O)cc1)NC(=O)OCc1ccccc1. The van der Waals surface area contributed by atoms with Gasteiger partial charge < -0.3 is 36.6 Å². The number of phenols is 1. The van der Waals surface area contributed by atoms with Gasteiger partial charge in [0, 0.05) is 19.3 Å². The van der Waals surface area contributed by atoms with Gasteiger partial charge in [0.15, 0.2) is 0 Å². The topological polar surface area (TPSA) is 197 Å². The second-order valence-electron chi connectivity index (χ2n) is 9.78. The number of hydrogen-bond donors (Lipinski definition) is 6. The maximum Gasteiger partial charge on any atom is 0.408 e. The minimum Gasteiger partial charge on any atom is -0.508 e. The van der Waals surface area contributed by atoms with Crippen LogP contribution in [0.2, 0.25) is 0 Å². The summed E-state index contributed by atoms with van der Waals surface area (Å²) < 4.78 is 5.25. The largest absolute Gasteiger partial charge is 0.508 e. The minimum atomic E-state index is -1.37. The summed E-state index contributed by atoms with van der Waals surface area (Å²) in [5.41, 5.74) is 7.54. The summed E-state index contributed by atoms with van der Waals surface area (Å²) in [5, 5.41) is 26.4. The second kappa shape index (κ2) is 16.2. The van der Waals surface area contributed by atoms with Crippen LogP contribution in [0.15, 0.2) is 84.9 Å². The molecule has 0 unspecified atom stereocenters. The van der Waals surface area contributed by atoms with Crippen LogP contribution in [0.25, 0.3) is 0 Å². The van der Waals surface area contributed by atoms with E-state index in [9.17, 15) is 34.2 Å². The Labute approximate surface area is 248 Å². The molecule has 3 atom stereocenters. The standard InChI is InChI=1S/C31H34N4O8/c32-28(39)25(17-20-7-3-1-4-8-20)34-29(40)24(15-16-27(37)38)33-30(41)26(18-21-11-13-23(36)14-12-21)35-31(42)43-19-22-9-5-2-6-10-22/h1-14,24-26,36H,15-19H2,(H2,32,39)(H,33,41)(H,34,40)(H,35,42)(H,37,38)/t24-,25-,26-/m0/s1. The van der Waals surface area contributed by atoms with Crippen molar-refractivity contribution in [1.29, 1.82) is 0 Å². The molecule has 0 fully saturated rings. The molecule has 3 aromatic rings. The molecule has 0 saturated heterocycles. The van der Waals surface area contributed by atoms with Gasteiger partial charge >= 0.3 is 12.1 Å². The van der Waals surface area contributed by atoms with Gasteiger partial charge in [-0.3, -0.25) is 19.2 Å². The minimum absolute atomic E-state index is 0.00453. The molecule has 43 heavy (non-hydrogen) atoms. The van der Waals surface area contributed by atoms with Gasteiger partial charge in [-0.15, -0.1) is 0 Å². The molecule has 0 spiro atoms. The third kappa shape index (κ3) is 11.2. The zero-order valence-corrected chi connectivity index (χ0v) is 23.3. The third-order valence-electron chi connectivity index (χ3n) is 6.42.